The molecule has 0 saturated carbocycles. The molecule has 3 aliphatic rings. The van der Waals surface area contributed by atoms with E-state index in [1.807, 2.05) is 97.9 Å². The second kappa shape index (κ2) is 18.0. The Kier molecular flexibility index (Phi) is 12.9. The van der Waals surface area contributed by atoms with Crippen molar-refractivity contribution in [3.05, 3.63) is 131 Å². The zero-order valence-electron chi connectivity index (χ0n) is 31.1. The lowest BCUT2D eigenvalue weighted by molar-refractivity contribution is -0.0907. The number of carbonyl (C=O) groups is 1. The summed E-state index contributed by atoms with van der Waals surface area (Å²) in [6.07, 6.45) is -2.45. The number of aliphatic hydroxyl groups excluding tert-OH is 1. The van der Waals surface area contributed by atoms with Crippen molar-refractivity contribution >= 4 is 23.7 Å². The number of hydrogen-bond donors (Lipinski definition) is 2. The number of carbonyl (C=O) groups excluding carboxylic acids is 1. The number of β-amino-alcohol motifs (C(OH)–C–C–N with tert-alkyl or cyclic N) is 1. The van der Waals surface area contributed by atoms with Gasteiger partial charge in [0.25, 0.3) is 0 Å². The third kappa shape index (κ3) is 9.70. The minimum Gasteiger partial charge on any atom is -0.481 e. The molecule has 4 aromatic carbocycles. The minimum absolute atomic E-state index is 0.00717. The van der Waals surface area contributed by atoms with Gasteiger partial charge in [-0.25, -0.2) is 13.2 Å². The number of nitrogens with one attached hydrogen (secondary N) is 1. The zero-order chi connectivity index (χ0) is 39.1. The molecule has 13 nitrogen and oxygen atoms in total. The van der Waals surface area contributed by atoms with Gasteiger partial charge in [-0.15, -0.1) is 0 Å². The molecular formula is C41H47N2O11PS. The van der Waals surface area contributed by atoms with Gasteiger partial charge in [-0.05, 0) is 47.6 Å². The second-order valence-electron chi connectivity index (χ2n) is 14.3. The molecule has 0 aromatic heterocycles. The highest BCUT2D eigenvalue weighted by Gasteiger charge is 2.44. The van der Waals surface area contributed by atoms with Crippen LogP contribution in [0.15, 0.2) is 114 Å². The third-order valence-corrected chi connectivity index (χ3v) is 13.6. The first-order chi connectivity index (χ1) is 27.1. The van der Waals surface area contributed by atoms with Crippen LogP contribution in [-0.4, -0.2) is 81.1 Å². The van der Waals surface area contributed by atoms with Crippen molar-refractivity contribution in [3.63, 3.8) is 0 Å². The average Bonchev–Trinajstić information content (AvgIpc) is 3.84. The van der Waals surface area contributed by atoms with E-state index in [2.05, 4.69) is 5.32 Å². The van der Waals surface area contributed by atoms with Gasteiger partial charge in [-0.3, -0.25) is 4.57 Å². The van der Waals surface area contributed by atoms with Crippen LogP contribution in [0.5, 0.6) is 5.75 Å². The Hall–Kier alpha value is -4.11. The Bertz CT molecular complexity index is 2030. The molecule has 0 bridgehead atoms. The van der Waals surface area contributed by atoms with E-state index >= 15 is 0 Å². The topological polar surface area (TPSA) is 159 Å². The molecule has 0 spiro atoms. The number of alkyl carbamates (subject to hydrolysis) is 1. The Morgan fingerprint density at radius 3 is 2.16 bits per heavy atom. The molecule has 6 atom stereocenters. The van der Waals surface area contributed by atoms with Gasteiger partial charge in [-0.2, -0.15) is 4.31 Å². The van der Waals surface area contributed by atoms with Crippen molar-refractivity contribution < 1.29 is 50.9 Å². The summed E-state index contributed by atoms with van der Waals surface area (Å²) in [7, 11) is -8.03. The molecule has 2 N–H and O–H groups in total. The van der Waals surface area contributed by atoms with E-state index in [0.29, 0.717) is 18.6 Å². The summed E-state index contributed by atoms with van der Waals surface area (Å²) < 4.78 is 78.6. The molecule has 298 valence electrons. The molecule has 15 heteroatoms. The smallest absolute Gasteiger partial charge is 0.407 e. The van der Waals surface area contributed by atoms with Crippen LogP contribution in [0.3, 0.4) is 0 Å². The van der Waals surface area contributed by atoms with E-state index in [-0.39, 0.29) is 61.8 Å². The Morgan fingerprint density at radius 1 is 0.893 bits per heavy atom. The van der Waals surface area contributed by atoms with E-state index in [1.165, 1.54) is 10.4 Å². The summed E-state index contributed by atoms with van der Waals surface area (Å²) in [6.45, 7) is 2.36. The monoisotopic (exact) mass is 806 g/mol. The van der Waals surface area contributed by atoms with Crippen LogP contribution in [0.1, 0.15) is 41.5 Å². The van der Waals surface area contributed by atoms with E-state index in [4.69, 9.17) is 28.0 Å². The van der Waals surface area contributed by atoms with Gasteiger partial charge in [0, 0.05) is 18.7 Å². The van der Waals surface area contributed by atoms with E-state index < -0.39 is 54.6 Å². The van der Waals surface area contributed by atoms with Crippen molar-refractivity contribution in [1.29, 1.82) is 0 Å². The number of hydrogen-bond acceptors (Lipinski definition) is 11. The fourth-order valence-electron chi connectivity index (χ4n) is 7.28. The van der Waals surface area contributed by atoms with Gasteiger partial charge in [0.15, 0.2) is 12.6 Å². The quantitative estimate of drug-likeness (QED) is 0.124. The lowest BCUT2D eigenvalue weighted by atomic mass is 9.98. The van der Waals surface area contributed by atoms with Crippen molar-refractivity contribution in [3.8, 4) is 5.75 Å². The Labute approximate surface area is 327 Å². The number of fused-ring (bicyclic) bond motifs is 2. The molecule has 4 aromatic rings. The van der Waals surface area contributed by atoms with Gasteiger partial charge < -0.3 is 38.4 Å². The van der Waals surface area contributed by atoms with Crippen LogP contribution in [0.25, 0.3) is 0 Å². The number of benzene rings is 4. The summed E-state index contributed by atoms with van der Waals surface area (Å²) in [6, 6.07) is 31.7. The highest BCUT2D eigenvalue weighted by Crippen LogP contribution is 2.51. The predicted octanol–water partition coefficient (Wildman–Crippen LogP) is 6.22. The molecule has 0 aliphatic carbocycles. The number of aliphatic hydroxyl groups is 1. The first kappa shape index (κ1) is 40.1. The van der Waals surface area contributed by atoms with Crippen molar-refractivity contribution in [2.24, 2.45) is 5.92 Å². The Morgan fingerprint density at radius 2 is 1.52 bits per heavy atom. The molecule has 1 amide bonds. The van der Waals surface area contributed by atoms with Gasteiger partial charge in [-0.1, -0.05) is 104 Å². The number of amides is 1. The SMILES string of the molecule is CC1CN(C[C@@H](O)[C@H](Cc2ccccc2)NC(=O)O[C@H]2CO[C@H]3OCC[C@H]32)S(=O)(=O)c2cccc(OCP(=O)(OCc3ccccc3)OCc3ccccc3)c21. The molecule has 0 radical (unpaired) electrons. The van der Waals surface area contributed by atoms with Crippen LogP contribution in [0.2, 0.25) is 0 Å². The number of rotatable bonds is 16. The summed E-state index contributed by atoms with van der Waals surface area (Å²) >= 11 is 0. The molecule has 2 fully saturated rings. The molecule has 1 unspecified atom stereocenters. The van der Waals surface area contributed by atoms with Crippen LogP contribution >= 0.6 is 7.60 Å². The summed E-state index contributed by atoms with van der Waals surface area (Å²) in [5, 5.41) is 14.4. The van der Waals surface area contributed by atoms with Gasteiger partial charge >= 0.3 is 13.7 Å². The predicted molar refractivity (Wildman–Crippen MR) is 206 cm³/mol. The van der Waals surface area contributed by atoms with E-state index in [9.17, 15) is 22.9 Å². The maximum Gasteiger partial charge on any atom is 0.407 e. The van der Waals surface area contributed by atoms with Gasteiger partial charge in [0.2, 0.25) is 10.0 Å². The van der Waals surface area contributed by atoms with E-state index in [1.54, 1.807) is 12.1 Å². The van der Waals surface area contributed by atoms with Crippen LogP contribution in [0.4, 0.5) is 4.79 Å². The molecule has 56 heavy (non-hydrogen) atoms. The minimum atomic E-state index is -4.16. The summed E-state index contributed by atoms with van der Waals surface area (Å²) in [5.41, 5.74) is 2.86. The number of ether oxygens (including phenoxy) is 4. The highest BCUT2D eigenvalue weighted by molar-refractivity contribution is 7.89. The molecular weight excluding hydrogens is 759 g/mol. The maximum absolute atomic E-state index is 14.2. The number of nitrogens with zero attached hydrogens (tertiary/aromatic N) is 1. The first-order valence-electron chi connectivity index (χ1n) is 18.7. The van der Waals surface area contributed by atoms with Crippen molar-refractivity contribution in [2.75, 3.05) is 32.7 Å². The first-order valence-corrected chi connectivity index (χ1v) is 21.9. The lowest BCUT2D eigenvalue weighted by Crippen LogP contribution is -2.52. The molecule has 7 rings (SSSR count). The average molecular weight is 807 g/mol. The van der Waals surface area contributed by atoms with Gasteiger partial charge in [0.1, 0.15) is 11.9 Å². The summed E-state index contributed by atoms with van der Waals surface area (Å²) in [5.74, 6) is -0.216. The number of sulfonamides is 1. The fourth-order valence-corrected chi connectivity index (χ4v) is 10.4. The van der Waals surface area contributed by atoms with Crippen LogP contribution in [-0.2, 0) is 57.5 Å². The van der Waals surface area contributed by atoms with Crippen molar-refractivity contribution in [2.45, 2.75) is 68.3 Å². The second-order valence-corrected chi connectivity index (χ2v) is 18.2. The largest absolute Gasteiger partial charge is 0.481 e. The molecule has 3 aliphatic heterocycles. The fraction of sp³-hybridized carbons (Fsp3) is 0.390. The highest BCUT2D eigenvalue weighted by atomic mass is 32.2. The van der Waals surface area contributed by atoms with Crippen molar-refractivity contribution in [1.82, 2.24) is 9.62 Å². The third-order valence-electron chi connectivity index (χ3n) is 10.2. The standard InChI is InChI=1S/C41H47N2O11PS/c1-29-23-43(24-35(44)34(22-30-12-5-2-6-13-30)42-41(45)54-37-27-50-40-33(37)20-21-49-40)56(47,48)38-19-11-18-36(39(29)38)51-28-55(46,52-25-31-14-7-3-8-15-31)53-26-32-16-9-4-10-17-32/h2-19,29,33-35,37,40,44H,20-28H2,1H3,(H,42,45)/t29?,33-,34-,35+,37-,40+/m0/s1. The summed E-state index contributed by atoms with van der Waals surface area (Å²) in [4.78, 5) is 13.2. The van der Waals surface area contributed by atoms with E-state index in [0.717, 1.165) is 16.7 Å². The molecule has 2 saturated heterocycles. The van der Waals surface area contributed by atoms with Gasteiger partial charge in [0.05, 0.1) is 49.4 Å². The zero-order valence-corrected chi connectivity index (χ0v) is 32.8. The van der Waals surface area contributed by atoms with Crippen LogP contribution in [0, 0.1) is 5.92 Å². The Balaban J connectivity index is 1.05. The molecule has 3 heterocycles. The normalized spacial score (nSPS) is 22.8. The van der Waals surface area contributed by atoms with Crippen LogP contribution < -0.4 is 10.1 Å². The lowest BCUT2D eigenvalue weighted by Gasteiger charge is -2.36. The maximum atomic E-state index is 14.2.